The minimum Gasteiger partial charge on any atom is -0.374 e. The summed E-state index contributed by atoms with van der Waals surface area (Å²) < 4.78 is 8.15. The van der Waals surface area contributed by atoms with Crippen molar-refractivity contribution in [1.29, 1.82) is 0 Å². The SMILES string of the molecule is CCOC1(C(N)Cc2ncnn2C(C)C)CCCCCC1. The molecule has 1 heterocycles. The Bertz CT molecular complexity index is 422. The molecule has 0 radical (unpaired) electrons. The number of nitrogens with zero attached hydrogens (tertiary/aromatic N) is 3. The van der Waals surface area contributed by atoms with Gasteiger partial charge in [0.05, 0.1) is 5.60 Å². The van der Waals surface area contributed by atoms with Crippen molar-refractivity contribution >= 4 is 0 Å². The zero-order valence-corrected chi connectivity index (χ0v) is 13.7. The monoisotopic (exact) mass is 294 g/mol. The summed E-state index contributed by atoms with van der Waals surface area (Å²) >= 11 is 0. The van der Waals surface area contributed by atoms with Gasteiger partial charge in [0.1, 0.15) is 12.2 Å². The van der Waals surface area contributed by atoms with Gasteiger partial charge in [0.25, 0.3) is 0 Å². The molecule has 2 N–H and O–H groups in total. The third-order valence-corrected chi connectivity index (χ3v) is 4.60. The second kappa shape index (κ2) is 7.36. The highest BCUT2D eigenvalue weighted by molar-refractivity contribution is 5.00. The zero-order chi connectivity index (χ0) is 15.3. The molecular weight excluding hydrogens is 264 g/mol. The summed E-state index contributed by atoms with van der Waals surface area (Å²) in [5.74, 6) is 0.973. The number of aromatic nitrogens is 3. The average Bonchev–Trinajstić information content (AvgIpc) is 2.77. The van der Waals surface area contributed by atoms with Crippen LogP contribution in [0.25, 0.3) is 0 Å². The Morgan fingerprint density at radius 1 is 1.29 bits per heavy atom. The van der Waals surface area contributed by atoms with Crippen molar-refractivity contribution in [3.8, 4) is 0 Å². The van der Waals surface area contributed by atoms with E-state index >= 15 is 0 Å². The first-order valence-corrected chi connectivity index (χ1v) is 8.37. The van der Waals surface area contributed by atoms with Crippen LogP contribution in [0, 0.1) is 0 Å². The van der Waals surface area contributed by atoms with E-state index < -0.39 is 0 Å². The maximum Gasteiger partial charge on any atom is 0.138 e. The molecule has 1 fully saturated rings. The van der Waals surface area contributed by atoms with Crippen LogP contribution in [-0.2, 0) is 11.2 Å². The maximum absolute atomic E-state index is 6.59. The summed E-state index contributed by atoms with van der Waals surface area (Å²) in [6, 6.07) is 0.295. The molecule has 1 atom stereocenters. The average molecular weight is 294 g/mol. The summed E-state index contributed by atoms with van der Waals surface area (Å²) in [5.41, 5.74) is 6.41. The Labute approximate surface area is 128 Å². The molecule has 0 bridgehead atoms. The van der Waals surface area contributed by atoms with E-state index in [9.17, 15) is 0 Å². The van der Waals surface area contributed by atoms with Gasteiger partial charge in [-0.1, -0.05) is 25.7 Å². The Balaban J connectivity index is 2.14. The van der Waals surface area contributed by atoms with Gasteiger partial charge in [-0.25, -0.2) is 9.67 Å². The molecule has 0 aliphatic heterocycles. The van der Waals surface area contributed by atoms with Crippen LogP contribution in [0.1, 0.15) is 71.2 Å². The van der Waals surface area contributed by atoms with Crippen LogP contribution in [-0.4, -0.2) is 33.0 Å². The lowest BCUT2D eigenvalue weighted by Gasteiger charge is -2.38. The maximum atomic E-state index is 6.59. The predicted molar refractivity (Wildman–Crippen MR) is 84.1 cm³/mol. The van der Waals surface area contributed by atoms with Crippen molar-refractivity contribution in [3.05, 3.63) is 12.2 Å². The van der Waals surface area contributed by atoms with Crippen LogP contribution in [0.3, 0.4) is 0 Å². The fourth-order valence-corrected chi connectivity index (χ4v) is 3.47. The number of rotatable bonds is 6. The van der Waals surface area contributed by atoms with Gasteiger partial charge < -0.3 is 10.5 Å². The predicted octanol–water partition coefficient (Wildman–Crippen LogP) is 2.86. The summed E-state index contributed by atoms with van der Waals surface area (Å²) in [4.78, 5) is 4.40. The summed E-state index contributed by atoms with van der Waals surface area (Å²) in [6.07, 6.45) is 9.51. The van der Waals surface area contributed by atoms with Crippen LogP contribution in [0.4, 0.5) is 0 Å². The van der Waals surface area contributed by atoms with Gasteiger partial charge >= 0.3 is 0 Å². The van der Waals surface area contributed by atoms with E-state index in [1.807, 2.05) is 4.68 Å². The first kappa shape index (κ1) is 16.4. The van der Waals surface area contributed by atoms with Crippen LogP contribution >= 0.6 is 0 Å². The summed E-state index contributed by atoms with van der Waals surface area (Å²) in [6.45, 7) is 7.03. The van der Waals surface area contributed by atoms with Crippen LogP contribution in [0.2, 0.25) is 0 Å². The molecular formula is C16H30N4O. The second-order valence-electron chi connectivity index (χ2n) is 6.44. The lowest BCUT2D eigenvalue weighted by atomic mass is 9.84. The fraction of sp³-hybridized carbons (Fsp3) is 0.875. The standard InChI is InChI=1S/C16H30N4O/c1-4-21-16(9-7-5-6-8-10-16)14(17)11-15-18-12-19-20(15)13(2)3/h12-14H,4-11,17H2,1-3H3. The molecule has 120 valence electrons. The minimum atomic E-state index is -0.182. The highest BCUT2D eigenvalue weighted by Gasteiger charge is 2.38. The number of ether oxygens (including phenoxy) is 1. The van der Waals surface area contributed by atoms with Crippen molar-refractivity contribution < 1.29 is 4.74 Å². The summed E-state index contributed by atoms with van der Waals surface area (Å²) in [7, 11) is 0. The molecule has 1 aromatic rings. The zero-order valence-electron chi connectivity index (χ0n) is 13.7. The first-order valence-electron chi connectivity index (χ1n) is 8.37. The molecule has 5 nitrogen and oxygen atoms in total. The molecule has 0 amide bonds. The van der Waals surface area contributed by atoms with E-state index in [1.54, 1.807) is 6.33 Å². The third-order valence-electron chi connectivity index (χ3n) is 4.60. The van der Waals surface area contributed by atoms with Gasteiger partial charge in [-0.3, -0.25) is 0 Å². The first-order chi connectivity index (χ1) is 10.1. The molecule has 5 heteroatoms. The molecule has 1 saturated carbocycles. The second-order valence-corrected chi connectivity index (χ2v) is 6.44. The molecule has 1 aliphatic rings. The molecule has 2 rings (SSSR count). The van der Waals surface area contributed by atoms with Crippen LogP contribution < -0.4 is 5.73 Å². The summed E-state index contributed by atoms with van der Waals surface area (Å²) in [5, 5.41) is 4.31. The molecule has 1 aliphatic carbocycles. The van der Waals surface area contributed by atoms with Crippen LogP contribution in [0.5, 0.6) is 0 Å². The van der Waals surface area contributed by atoms with Crippen molar-refractivity contribution in [2.75, 3.05) is 6.61 Å². The largest absolute Gasteiger partial charge is 0.374 e. The van der Waals surface area contributed by atoms with Crippen LogP contribution in [0.15, 0.2) is 6.33 Å². The highest BCUT2D eigenvalue weighted by atomic mass is 16.5. The number of hydrogen-bond donors (Lipinski definition) is 1. The number of hydrogen-bond acceptors (Lipinski definition) is 4. The molecule has 21 heavy (non-hydrogen) atoms. The Morgan fingerprint density at radius 3 is 2.52 bits per heavy atom. The van der Waals surface area contributed by atoms with Crippen molar-refractivity contribution in [2.45, 2.75) is 83.4 Å². The van der Waals surface area contributed by atoms with E-state index in [1.165, 1.54) is 25.7 Å². The van der Waals surface area contributed by atoms with E-state index in [4.69, 9.17) is 10.5 Å². The molecule has 0 spiro atoms. The molecule has 1 aromatic heterocycles. The van der Waals surface area contributed by atoms with E-state index in [-0.39, 0.29) is 11.6 Å². The quantitative estimate of drug-likeness (QED) is 0.819. The molecule has 0 saturated heterocycles. The van der Waals surface area contributed by atoms with Crippen molar-refractivity contribution in [2.24, 2.45) is 5.73 Å². The van der Waals surface area contributed by atoms with Gasteiger partial charge in [0.2, 0.25) is 0 Å². The van der Waals surface area contributed by atoms with E-state index in [0.717, 1.165) is 31.7 Å². The van der Waals surface area contributed by atoms with E-state index in [0.29, 0.717) is 6.04 Å². The molecule has 0 aromatic carbocycles. The van der Waals surface area contributed by atoms with Crippen molar-refractivity contribution in [1.82, 2.24) is 14.8 Å². The molecule has 1 unspecified atom stereocenters. The number of nitrogens with two attached hydrogens (primary N) is 1. The lowest BCUT2D eigenvalue weighted by molar-refractivity contribution is -0.0688. The normalized spacial score (nSPS) is 20.4. The van der Waals surface area contributed by atoms with Gasteiger partial charge in [-0.05, 0) is 33.6 Å². The van der Waals surface area contributed by atoms with Gasteiger partial charge in [-0.2, -0.15) is 5.10 Å². The van der Waals surface area contributed by atoms with Gasteiger partial charge in [0, 0.05) is 25.1 Å². The minimum absolute atomic E-state index is 0.0164. The Hall–Kier alpha value is -0.940. The van der Waals surface area contributed by atoms with E-state index in [2.05, 4.69) is 30.9 Å². The van der Waals surface area contributed by atoms with Gasteiger partial charge in [0.15, 0.2) is 0 Å². The van der Waals surface area contributed by atoms with Crippen molar-refractivity contribution in [3.63, 3.8) is 0 Å². The third kappa shape index (κ3) is 3.83. The Morgan fingerprint density at radius 2 is 1.95 bits per heavy atom. The lowest BCUT2D eigenvalue weighted by Crippen LogP contribution is -2.51. The highest BCUT2D eigenvalue weighted by Crippen LogP contribution is 2.34. The topological polar surface area (TPSA) is 66.0 Å². The Kier molecular flexibility index (Phi) is 5.76. The smallest absolute Gasteiger partial charge is 0.138 e. The van der Waals surface area contributed by atoms with Gasteiger partial charge in [-0.15, -0.1) is 0 Å². The fourth-order valence-electron chi connectivity index (χ4n) is 3.47.